The second-order valence-electron chi connectivity index (χ2n) is 10.4. The molecule has 4 aliphatic carbocycles. The van der Waals surface area contributed by atoms with E-state index in [1.54, 1.807) is 12.1 Å². The first-order valence-corrected chi connectivity index (χ1v) is 13.4. The number of rotatable bonds is 8. The van der Waals surface area contributed by atoms with Gasteiger partial charge in [0.25, 0.3) is 5.91 Å². The maximum absolute atomic E-state index is 12.6. The Hall–Kier alpha value is -1.44. The predicted octanol–water partition coefficient (Wildman–Crippen LogP) is 3.48. The first-order valence-electron chi connectivity index (χ1n) is 11.9. The van der Waals surface area contributed by atoms with E-state index in [2.05, 4.69) is 10.0 Å². The molecule has 1 aliphatic heterocycles. The van der Waals surface area contributed by atoms with Crippen molar-refractivity contribution in [2.75, 3.05) is 19.7 Å². The van der Waals surface area contributed by atoms with E-state index < -0.39 is 10.0 Å². The van der Waals surface area contributed by atoms with Gasteiger partial charge in [-0.15, -0.1) is 0 Å². The van der Waals surface area contributed by atoms with E-state index in [1.165, 1.54) is 50.7 Å². The molecule has 7 heteroatoms. The summed E-state index contributed by atoms with van der Waals surface area (Å²) in [5, 5.41) is 3.07. The summed E-state index contributed by atoms with van der Waals surface area (Å²) in [7, 11) is -3.59. The molecule has 1 amide bonds. The summed E-state index contributed by atoms with van der Waals surface area (Å²) in [5.74, 6) is 2.64. The molecule has 2 N–H and O–H groups in total. The van der Waals surface area contributed by atoms with E-state index in [9.17, 15) is 13.2 Å². The standard InChI is InChI=1S/C24H34N2O4S/c27-23(25-8-7-24-13-17-10-18(14-24)12-19(11-17)15-24)20-3-5-22(6-4-20)31(28,29)26-16-21-2-1-9-30-21/h3-6,17-19,21,26H,1-2,7-16H2,(H,25,27). The zero-order valence-corrected chi connectivity index (χ0v) is 19.0. The predicted molar refractivity (Wildman–Crippen MR) is 118 cm³/mol. The maximum Gasteiger partial charge on any atom is 0.251 e. The summed E-state index contributed by atoms with van der Waals surface area (Å²) < 4.78 is 33.0. The summed E-state index contributed by atoms with van der Waals surface area (Å²) in [4.78, 5) is 12.8. The van der Waals surface area contributed by atoms with Gasteiger partial charge in [-0.25, -0.2) is 13.1 Å². The number of nitrogens with one attached hydrogen (secondary N) is 2. The van der Waals surface area contributed by atoms with Gasteiger partial charge in [0.05, 0.1) is 11.0 Å². The van der Waals surface area contributed by atoms with Crippen LogP contribution in [0.2, 0.25) is 0 Å². The zero-order valence-electron chi connectivity index (χ0n) is 18.1. The lowest BCUT2D eigenvalue weighted by atomic mass is 9.49. The first-order chi connectivity index (χ1) is 14.9. The lowest BCUT2D eigenvalue weighted by Crippen LogP contribution is -2.47. The van der Waals surface area contributed by atoms with Gasteiger partial charge in [0.2, 0.25) is 10.0 Å². The van der Waals surface area contributed by atoms with Gasteiger partial charge < -0.3 is 10.1 Å². The third kappa shape index (κ3) is 4.69. The van der Waals surface area contributed by atoms with Crippen LogP contribution in [-0.4, -0.2) is 40.1 Å². The van der Waals surface area contributed by atoms with Gasteiger partial charge in [0, 0.05) is 25.3 Å². The lowest BCUT2D eigenvalue weighted by Gasteiger charge is -2.57. The Morgan fingerprint density at radius 1 is 1.03 bits per heavy atom. The highest BCUT2D eigenvalue weighted by atomic mass is 32.2. The van der Waals surface area contributed by atoms with Crippen LogP contribution in [0.1, 0.15) is 68.1 Å². The molecule has 170 valence electrons. The molecular weight excluding hydrogens is 412 g/mol. The molecule has 5 fully saturated rings. The van der Waals surface area contributed by atoms with Crippen LogP contribution in [0.4, 0.5) is 0 Å². The van der Waals surface area contributed by atoms with Crippen LogP contribution >= 0.6 is 0 Å². The molecular formula is C24H34N2O4S. The molecule has 0 aromatic heterocycles. The van der Waals surface area contributed by atoms with Crippen molar-refractivity contribution in [3.05, 3.63) is 29.8 Å². The summed E-state index contributed by atoms with van der Waals surface area (Å²) in [5.41, 5.74) is 0.956. The van der Waals surface area contributed by atoms with Crippen molar-refractivity contribution >= 4 is 15.9 Å². The van der Waals surface area contributed by atoms with E-state index in [-0.39, 0.29) is 23.5 Å². The van der Waals surface area contributed by atoms with Crippen LogP contribution in [0, 0.1) is 23.2 Å². The minimum Gasteiger partial charge on any atom is -0.377 e. The zero-order chi connectivity index (χ0) is 21.5. The molecule has 4 saturated carbocycles. The Morgan fingerprint density at radius 2 is 1.68 bits per heavy atom. The van der Waals surface area contributed by atoms with Crippen molar-refractivity contribution in [2.24, 2.45) is 23.2 Å². The maximum atomic E-state index is 12.6. The Morgan fingerprint density at radius 3 is 2.26 bits per heavy atom. The quantitative estimate of drug-likeness (QED) is 0.640. The lowest BCUT2D eigenvalue weighted by molar-refractivity contribution is -0.0564. The number of hydrogen-bond acceptors (Lipinski definition) is 4. The van der Waals surface area contributed by atoms with E-state index in [1.807, 2.05) is 0 Å². The van der Waals surface area contributed by atoms with Crippen LogP contribution in [0.3, 0.4) is 0 Å². The number of hydrogen-bond donors (Lipinski definition) is 2. The third-order valence-electron chi connectivity index (χ3n) is 8.06. The number of sulfonamides is 1. The smallest absolute Gasteiger partial charge is 0.251 e. The number of ether oxygens (including phenoxy) is 1. The van der Waals surface area contributed by atoms with E-state index in [4.69, 9.17) is 4.74 Å². The van der Waals surface area contributed by atoms with Crippen LogP contribution < -0.4 is 10.0 Å². The summed E-state index contributed by atoms with van der Waals surface area (Å²) in [6.07, 6.45) is 11.2. The molecule has 1 heterocycles. The average molecular weight is 447 g/mol. The summed E-state index contributed by atoms with van der Waals surface area (Å²) in [6.45, 7) is 1.68. The molecule has 0 radical (unpaired) electrons. The monoisotopic (exact) mass is 446 g/mol. The fraction of sp³-hybridized carbons (Fsp3) is 0.708. The van der Waals surface area contributed by atoms with Crippen molar-refractivity contribution < 1.29 is 17.9 Å². The van der Waals surface area contributed by atoms with Gasteiger partial charge in [-0.1, -0.05) is 0 Å². The SMILES string of the molecule is O=C(NCCC12CC3CC(CC(C3)C1)C2)c1ccc(S(=O)(=O)NCC2CCCO2)cc1. The molecule has 1 saturated heterocycles. The van der Waals surface area contributed by atoms with Gasteiger partial charge in [-0.2, -0.15) is 0 Å². The average Bonchev–Trinajstić information content (AvgIpc) is 3.25. The van der Waals surface area contributed by atoms with E-state index in [0.717, 1.165) is 37.0 Å². The molecule has 4 bridgehead atoms. The van der Waals surface area contributed by atoms with Crippen LogP contribution in [-0.2, 0) is 14.8 Å². The van der Waals surface area contributed by atoms with Gasteiger partial charge in [-0.3, -0.25) is 4.79 Å². The minimum atomic E-state index is -3.59. The van der Waals surface area contributed by atoms with Crippen molar-refractivity contribution in [3.8, 4) is 0 Å². The molecule has 31 heavy (non-hydrogen) atoms. The third-order valence-corrected chi connectivity index (χ3v) is 9.50. The largest absolute Gasteiger partial charge is 0.377 e. The molecule has 1 aromatic carbocycles. The normalized spacial score (nSPS) is 34.2. The number of amides is 1. The van der Waals surface area contributed by atoms with Crippen LogP contribution in [0.25, 0.3) is 0 Å². The van der Waals surface area contributed by atoms with Gasteiger partial charge in [0.15, 0.2) is 0 Å². The first kappa shape index (κ1) is 21.4. The number of carbonyl (C=O) groups is 1. The molecule has 1 atom stereocenters. The Kier molecular flexibility index (Phi) is 5.86. The van der Waals surface area contributed by atoms with Gasteiger partial charge in [0.1, 0.15) is 0 Å². The summed E-state index contributed by atoms with van der Waals surface area (Å²) >= 11 is 0. The van der Waals surface area contributed by atoms with Crippen molar-refractivity contribution in [2.45, 2.75) is 68.8 Å². The van der Waals surface area contributed by atoms with Crippen LogP contribution in [0.5, 0.6) is 0 Å². The Labute approximate surface area is 185 Å². The number of carbonyl (C=O) groups excluding carboxylic acids is 1. The van der Waals surface area contributed by atoms with E-state index in [0.29, 0.717) is 24.1 Å². The second kappa shape index (κ2) is 8.49. The van der Waals surface area contributed by atoms with Crippen molar-refractivity contribution in [3.63, 3.8) is 0 Å². The van der Waals surface area contributed by atoms with Crippen molar-refractivity contribution in [1.29, 1.82) is 0 Å². The number of benzene rings is 1. The van der Waals surface area contributed by atoms with Gasteiger partial charge >= 0.3 is 0 Å². The van der Waals surface area contributed by atoms with Crippen LogP contribution in [0.15, 0.2) is 29.2 Å². The molecule has 6 nitrogen and oxygen atoms in total. The fourth-order valence-electron chi connectivity index (χ4n) is 7.02. The molecule has 6 rings (SSSR count). The Bertz CT molecular complexity index is 871. The van der Waals surface area contributed by atoms with Gasteiger partial charge in [-0.05, 0) is 105 Å². The topological polar surface area (TPSA) is 84.5 Å². The van der Waals surface area contributed by atoms with E-state index >= 15 is 0 Å². The molecule has 1 unspecified atom stereocenters. The molecule has 0 spiro atoms. The highest BCUT2D eigenvalue weighted by Gasteiger charge is 2.50. The molecule has 1 aromatic rings. The fourth-order valence-corrected chi connectivity index (χ4v) is 8.08. The molecule has 5 aliphatic rings. The highest BCUT2D eigenvalue weighted by Crippen LogP contribution is 2.61. The Balaban J connectivity index is 1.12. The minimum absolute atomic E-state index is 0.0474. The second-order valence-corrected chi connectivity index (χ2v) is 12.2. The van der Waals surface area contributed by atoms with Crippen molar-refractivity contribution in [1.82, 2.24) is 10.0 Å². The summed E-state index contributed by atoms with van der Waals surface area (Å²) in [6, 6.07) is 6.21. The highest BCUT2D eigenvalue weighted by molar-refractivity contribution is 7.89.